The number of aromatic nitrogens is 3. The third-order valence-electron chi connectivity index (χ3n) is 3.18. The van der Waals surface area contributed by atoms with Crippen LogP contribution in [0.3, 0.4) is 0 Å². The molecule has 0 saturated heterocycles. The number of hydrogen-bond acceptors (Lipinski definition) is 3. The van der Waals surface area contributed by atoms with E-state index < -0.39 is 0 Å². The van der Waals surface area contributed by atoms with Gasteiger partial charge in [0.05, 0.1) is 6.20 Å². The molecule has 102 valence electrons. The summed E-state index contributed by atoms with van der Waals surface area (Å²) in [5, 5.41) is 11.0. The molecule has 0 fully saturated rings. The Morgan fingerprint density at radius 2 is 2.26 bits per heavy atom. The maximum atomic E-state index is 13.5. The summed E-state index contributed by atoms with van der Waals surface area (Å²) in [6.07, 6.45) is 4.48. The molecule has 1 aromatic carbocycles. The molecule has 2 rings (SSSR count). The summed E-state index contributed by atoms with van der Waals surface area (Å²) >= 11 is 0. The van der Waals surface area contributed by atoms with Gasteiger partial charge in [-0.2, -0.15) is 0 Å². The van der Waals surface area contributed by atoms with E-state index in [-0.39, 0.29) is 11.9 Å². The molecule has 19 heavy (non-hydrogen) atoms. The van der Waals surface area contributed by atoms with Gasteiger partial charge in [-0.3, -0.25) is 4.68 Å². The van der Waals surface area contributed by atoms with Gasteiger partial charge in [0.2, 0.25) is 0 Å². The van der Waals surface area contributed by atoms with Crippen molar-refractivity contribution in [1.82, 2.24) is 20.3 Å². The molecule has 0 spiro atoms. The lowest BCUT2D eigenvalue weighted by atomic mass is 10.1. The molecule has 0 aliphatic heterocycles. The Kier molecular flexibility index (Phi) is 4.63. The molecule has 0 radical (unpaired) electrons. The lowest BCUT2D eigenvalue weighted by molar-refractivity contribution is 0.497. The lowest BCUT2D eigenvalue weighted by Gasteiger charge is -2.14. The lowest BCUT2D eigenvalue weighted by Crippen LogP contribution is -2.21. The molecule has 0 amide bonds. The van der Waals surface area contributed by atoms with Crippen LogP contribution in [0.2, 0.25) is 0 Å². The molecule has 4 nitrogen and oxygen atoms in total. The van der Waals surface area contributed by atoms with Gasteiger partial charge in [-0.1, -0.05) is 17.3 Å². The molecule has 1 atom stereocenters. The highest BCUT2D eigenvalue weighted by molar-refractivity contribution is 5.25. The van der Waals surface area contributed by atoms with Crippen molar-refractivity contribution in [1.29, 1.82) is 0 Å². The third kappa shape index (κ3) is 3.86. The molecule has 2 aromatic rings. The molecule has 1 aromatic heterocycles. The Balaban J connectivity index is 1.77. The van der Waals surface area contributed by atoms with E-state index in [1.165, 1.54) is 0 Å². The van der Waals surface area contributed by atoms with Crippen molar-refractivity contribution in [3.8, 4) is 0 Å². The van der Waals surface area contributed by atoms with Gasteiger partial charge in [0, 0.05) is 18.8 Å². The fourth-order valence-corrected chi connectivity index (χ4v) is 1.91. The Bertz CT molecular complexity index is 510. The van der Waals surface area contributed by atoms with E-state index in [9.17, 15) is 4.39 Å². The van der Waals surface area contributed by atoms with E-state index in [2.05, 4.69) is 15.6 Å². The van der Waals surface area contributed by atoms with Crippen LogP contribution in [-0.4, -0.2) is 21.5 Å². The monoisotopic (exact) mass is 262 g/mol. The molecule has 1 unspecified atom stereocenters. The normalized spacial score (nSPS) is 12.6. The highest BCUT2D eigenvalue weighted by Gasteiger charge is 2.06. The Morgan fingerprint density at radius 1 is 1.42 bits per heavy atom. The first-order valence-electron chi connectivity index (χ1n) is 6.50. The van der Waals surface area contributed by atoms with Crippen molar-refractivity contribution in [3.05, 3.63) is 47.5 Å². The average Bonchev–Trinajstić information content (AvgIpc) is 2.91. The number of nitrogens with one attached hydrogen (secondary N) is 1. The number of benzene rings is 1. The highest BCUT2D eigenvalue weighted by atomic mass is 19.1. The molecule has 1 heterocycles. The third-order valence-corrected chi connectivity index (χ3v) is 3.18. The fraction of sp³-hybridized carbons (Fsp3) is 0.429. The van der Waals surface area contributed by atoms with Crippen LogP contribution in [0.25, 0.3) is 0 Å². The minimum atomic E-state index is -0.145. The van der Waals surface area contributed by atoms with Crippen LogP contribution in [0.5, 0.6) is 0 Å². The van der Waals surface area contributed by atoms with E-state index >= 15 is 0 Å². The highest BCUT2D eigenvalue weighted by Crippen LogP contribution is 2.16. The predicted octanol–water partition coefficient (Wildman–Crippen LogP) is 2.47. The Labute approximate surface area is 112 Å². The van der Waals surface area contributed by atoms with Gasteiger partial charge in [0.1, 0.15) is 5.82 Å². The smallest absolute Gasteiger partial charge is 0.126 e. The zero-order valence-electron chi connectivity index (χ0n) is 11.3. The van der Waals surface area contributed by atoms with Gasteiger partial charge in [-0.15, -0.1) is 5.10 Å². The van der Waals surface area contributed by atoms with E-state index in [0.29, 0.717) is 5.56 Å². The molecule has 0 bridgehead atoms. The number of nitrogens with zero attached hydrogens (tertiary/aromatic N) is 3. The summed E-state index contributed by atoms with van der Waals surface area (Å²) in [5.74, 6) is -0.145. The van der Waals surface area contributed by atoms with Crippen molar-refractivity contribution in [2.24, 2.45) is 0 Å². The Hall–Kier alpha value is -1.75. The van der Waals surface area contributed by atoms with Crippen LogP contribution in [0.15, 0.2) is 30.6 Å². The minimum absolute atomic E-state index is 0.144. The standard InChI is InChI=1S/C14H19FN4/c1-11-4-5-13(10-14(11)15)12(2)16-6-3-8-19-9-7-17-18-19/h4-5,7,9-10,12,16H,3,6,8H2,1-2H3. The van der Waals surface area contributed by atoms with E-state index in [1.807, 2.05) is 25.3 Å². The van der Waals surface area contributed by atoms with E-state index in [0.717, 1.165) is 25.1 Å². The maximum absolute atomic E-state index is 13.5. The number of hydrogen-bond donors (Lipinski definition) is 1. The summed E-state index contributed by atoms with van der Waals surface area (Å²) in [6.45, 7) is 5.51. The first kappa shape index (κ1) is 13.7. The van der Waals surface area contributed by atoms with Gasteiger partial charge in [0.15, 0.2) is 0 Å². The van der Waals surface area contributed by atoms with Gasteiger partial charge < -0.3 is 5.32 Å². The van der Waals surface area contributed by atoms with Crippen LogP contribution in [0, 0.1) is 12.7 Å². The summed E-state index contributed by atoms with van der Waals surface area (Å²) in [4.78, 5) is 0. The molecule has 1 N–H and O–H groups in total. The summed E-state index contributed by atoms with van der Waals surface area (Å²) in [7, 11) is 0. The van der Waals surface area contributed by atoms with Crippen molar-refractivity contribution >= 4 is 0 Å². The summed E-state index contributed by atoms with van der Waals surface area (Å²) in [5.41, 5.74) is 1.66. The largest absolute Gasteiger partial charge is 0.310 e. The quantitative estimate of drug-likeness (QED) is 0.813. The molecule has 0 aliphatic rings. The van der Waals surface area contributed by atoms with E-state index in [1.54, 1.807) is 23.9 Å². The minimum Gasteiger partial charge on any atom is -0.310 e. The maximum Gasteiger partial charge on any atom is 0.126 e. The first-order chi connectivity index (χ1) is 9.16. The molecule has 0 aliphatic carbocycles. The molecular formula is C14H19FN4. The predicted molar refractivity (Wildman–Crippen MR) is 72.2 cm³/mol. The molecule has 5 heteroatoms. The zero-order chi connectivity index (χ0) is 13.7. The van der Waals surface area contributed by atoms with Crippen molar-refractivity contribution in [2.45, 2.75) is 32.9 Å². The Morgan fingerprint density at radius 3 is 2.95 bits per heavy atom. The zero-order valence-corrected chi connectivity index (χ0v) is 11.3. The second kappa shape index (κ2) is 6.43. The van der Waals surface area contributed by atoms with Gasteiger partial charge in [-0.25, -0.2) is 4.39 Å². The summed E-state index contributed by atoms with van der Waals surface area (Å²) < 4.78 is 15.3. The number of halogens is 1. The van der Waals surface area contributed by atoms with Crippen LogP contribution in [0.1, 0.15) is 30.5 Å². The number of rotatable bonds is 6. The SMILES string of the molecule is Cc1ccc(C(C)NCCCn2ccnn2)cc1F. The van der Waals surface area contributed by atoms with Crippen LogP contribution >= 0.6 is 0 Å². The van der Waals surface area contributed by atoms with Crippen molar-refractivity contribution in [3.63, 3.8) is 0 Å². The van der Waals surface area contributed by atoms with Crippen LogP contribution in [-0.2, 0) is 6.54 Å². The summed E-state index contributed by atoms with van der Waals surface area (Å²) in [6, 6.07) is 5.53. The van der Waals surface area contributed by atoms with Crippen LogP contribution in [0.4, 0.5) is 4.39 Å². The van der Waals surface area contributed by atoms with Crippen LogP contribution < -0.4 is 5.32 Å². The van der Waals surface area contributed by atoms with E-state index in [4.69, 9.17) is 0 Å². The van der Waals surface area contributed by atoms with Gasteiger partial charge >= 0.3 is 0 Å². The van der Waals surface area contributed by atoms with Crippen molar-refractivity contribution < 1.29 is 4.39 Å². The molecular weight excluding hydrogens is 243 g/mol. The van der Waals surface area contributed by atoms with Gasteiger partial charge in [0.25, 0.3) is 0 Å². The topological polar surface area (TPSA) is 42.7 Å². The first-order valence-corrected chi connectivity index (χ1v) is 6.50. The van der Waals surface area contributed by atoms with Gasteiger partial charge in [-0.05, 0) is 44.0 Å². The fourth-order valence-electron chi connectivity index (χ4n) is 1.91. The average molecular weight is 262 g/mol. The number of aryl methyl sites for hydroxylation is 2. The second-order valence-electron chi connectivity index (χ2n) is 4.70. The second-order valence-corrected chi connectivity index (χ2v) is 4.70. The molecule has 0 saturated carbocycles. The van der Waals surface area contributed by atoms with Crippen molar-refractivity contribution in [2.75, 3.05) is 6.54 Å².